The highest BCUT2D eigenvalue weighted by molar-refractivity contribution is 7.86. The fourth-order valence-corrected chi connectivity index (χ4v) is 4.96. The Labute approximate surface area is 184 Å². The van der Waals surface area contributed by atoms with Crippen molar-refractivity contribution < 1.29 is 13.0 Å². The van der Waals surface area contributed by atoms with Gasteiger partial charge in [0.2, 0.25) is 5.71 Å². The van der Waals surface area contributed by atoms with Gasteiger partial charge in [-0.05, 0) is 30.3 Å². The van der Waals surface area contributed by atoms with Crippen LogP contribution in [0.1, 0.15) is 6.04 Å². The third-order valence-electron chi connectivity index (χ3n) is 5.61. The molecule has 1 aliphatic rings. The molecular weight excluding hydrogens is 431 g/mol. The molecule has 5 aromatic rings. The van der Waals surface area contributed by atoms with Crippen LogP contribution in [0.25, 0.3) is 45.2 Å². The molecule has 160 valence electrons. The first-order chi connectivity index (χ1) is 15.6. The fraction of sp³-hybridized carbons (Fsp3) is 0.182. The summed E-state index contributed by atoms with van der Waals surface area (Å²) in [7, 11) is 1.08. The maximum atomic E-state index is 13.5. The number of aromatic nitrogens is 6. The minimum atomic E-state index is -0.811. The van der Waals surface area contributed by atoms with E-state index in [0.717, 1.165) is 16.5 Å². The maximum Gasteiger partial charge on any atom is 0.230 e. The lowest BCUT2D eigenvalue weighted by Gasteiger charge is -2.24. The summed E-state index contributed by atoms with van der Waals surface area (Å²) in [5.41, 5.74) is 3.30. The van der Waals surface area contributed by atoms with Gasteiger partial charge in [-0.1, -0.05) is 0 Å². The second kappa shape index (κ2) is 7.20. The van der Waals surface area contributed by atoms with Gasteiger partial charge in [-0.25, -0.2) is 19.3 Å². The summed E-state index contributed by atoms with van der Waals surface area (Å²) in [5.74, 6) is 2.08. The first-order valence-corrected chi connectivity index (χ1v) is 11.5. The van der Waals surface area contributed by atoms with E-state index in [1.807, 2.05) is 34.8 Å². The molecule has 1 aromatic carbocycles. The minimum Gasteiger partial charge on any atom is -0.434 e. The van der Waals surface area contributed by atoms with Crippen molar-refractivity contribution in [2.75, 3.05) is 11.5 Å². The number of hydrogen-bond acceptors (Lipinski definition) is 6. The number of halogens is 1. The number of aryl methyl sites for hydroxylation is 1. The van der Waals surface area contributed by atoms with Crippen LogP contribution < -0.4 is 0 Å². The number of rotatable bonds is 4. The molecule has 1 fully saturated rings. The molecule has 1 saturated heterocycles. The minimum absolute atomic E-state index is 0.0635. The van der Waals surface area contributed by atoms with Gasteiger partial charge in [0, 0.05) is 59.1 Å². The first-order valence-electron chi connectivity index (χ1n) is 9.99. The van der Waals surface area contributed by atoms with E-state index in [0.29, 0.717) is 40.2 Å². The van der Waals surface area contributed by atoms with Crippen LogP contribution in [0.2, 0.25) is 0 Å². The SMILES string of the molecule is Cn1ccnc1-c1cc2c(-c3cn(C4CS(=O)C4)nc3-c3ccc(F)cc3)ncnc2o1. The Bertz CT molecular complexity index is 1480. The normalized spacial score (nSPS) is 18.2. The first kappa shape index (κ1) is 19.1. The molecule has 0 spiro atoms. The second-order valence-electron chi connectivity index (χ2n) is 7.72. The third kappa shape index (κ3) is 3.06. The molecule has 10 heteroatoms. The summed E-state index contributed by atoms with van der Waals surface area (Å²) in [6.07, 6.45) is 6.91. The Morgan fingerprint density at radius 2 is 1.94 bits per heavy atom. The predicted molar refractivity (Wildman–Crippen MR) is 118 cm³/mol. The molecule has 0 aliphatic carbocycles. The lowest BCUT2D eigenvalue weighted by molar-refractivity contribution is 0.507. The number of nitrogens with zero attached hydrogens (tertiary/aromatic N) is 6. The highest BCUT2D eigenvalue weighted by atomic mass is 32.2. The molecule has 0 amide bonds. The molecule has 8 nitrogen and oxygen atoms in total. The van der Waals surface area contributed by atoms with Crippen molar-refractivity contribution in [2.24, 2.45) is 7.05 Å². The maximum absolute atomic E-state index is 13.5. The van der Waals surface area contributed by atoms with Crippen LogP contribution in [0.3, 0.4) is 0 Å². The summed E-state index contributed by atoms with van der Waals surface area (Å²) in [5, 5.41) is 5.50. The molecule has 32 heavy (non-hydrogen) atoms. The Hall–Kier alpha value is -3.66. The summed E-state index contributed by atoms with van der Waals surface area (Å²) < 4.78 is 34.9. The van der Waals surface area contributed by atoms with Gasteiger partial charge >= 0.3 is 0 Å². The molecule has 4 aromatic heterocycles. The van der Waals surface area contributed by atoms with Crippen molar-refractivity contribution in [3.05, 3.63) is 61.1 Å². The van der Waals surface area contributed by atoms with Gasteiger partial charge in [-0.3, -0.25) is 8.89 Å². The molecule has 0 radical (unpaired) electrons. The molecule has 0 N–H and O–H groups in total. The van der Waals surface area contributed by atoms with Crippen LogP contribution in [0.5, 0.6) is 0 Å². The van der Waals surface area contributed by atoms with Gasteiger partial charge in [-0.15, -0.1) is 0 Å². The van der Waals surface area contributed by atoms with Crippen molar-refractivity contribution in [1.82, 2.24) is 29.3 Å². The predicted octanol–water partition coefficient (Wildman–Crippen LogP) is 3.60. The van der Waals surface area contributed by atoms with Gasteiger partial charge in [-0.2, -0.15) is 5.10 Å². The standard InChI is InChI=1S/C22H17FN6O2S/c1-28-7-6-24-21(28)18-8-16-20(25-12-26-22(16)31-18)17-9-29(15-10-32(30)11-15)27-19(17)13-2-4-14(23)5-3-13/h2-9,12,15H,10-11H2,1H3. The molecule has 1 aliphatic heterocycles. The summed E-state index contributed by atoms with van der Waals surface area (Å²) in [4.78, 5) is 13.2. The number of fused-ring (bicyclic) bond motifs is 1. The molecule has 0 atom stereocenters. The topological polar surface area (TPSA) is 91.6 Å². The van der Waals surface area contributed by atoms with E-state index >= 15 is 0 Å². The van der Waals surface area contributed by atoms with E-state index in [2.05, 4.69) is 15.0 Å². The van der Waals surface area contributed by atoms with Crippen molar-refractivity contribution in [1.29, 1.82) is 0 Å². The number of furan rings is 1. The zero-order valence-corrected chi connectivity index (χ0v) is 17.8. The Kier molecular flexibility index (Phi) is 4.29. The average molecular weight is 448 g/mol. The summed E-state index contributed by atoms with van der Waals surface area (Å²) in [6.45, 7) is 0. The average Bonchev–Trinajstić information content (AvgIpc) is 3.49. The lowest BCUT2D eigenvalue weighted by Crippen LogP contribution is -2.33. The van der Waals surface area contributed by atoms with Crippen LogP contribution in [-0.4, -0.2) is 45.0 Å². The van der Waals surface area contributed by atoms with Gasteiger partial charge in [0.1, 0.15) is 17.8 Å². The molecule has 0 bridgehead atoms. The smallest absolute Gasteiger partial charge is 0.230 e. The molecule has 6 rings (SSSR count). The quantitative estimate of drug-likeness (QED) is 0.417. The number of imidazole rings is 1. The van der Waals surface area contributed by atoms with Crippen molar-refractivity contribution in [3.8, 4) is 34.1 Å². The van der Waals surface area contributed by atoms with E-state index in [-0.39, 0.29) is 11.9 Å². The Balaban J connectivity index is 1.54. The fourth-order valence-electron chi connectivity index (χ4n) is 3.89. The highest BCUT2D eigenvalue weighted by Gasteiger charge is 2.30. The van der Waals surface area contributed by atoms with Crippen LogP contribution in [-0.2, 0) is 17.8 Å². The van der Waals surface area contributed by atoms with Crippen LogP contribution in [0.15, 0.2) is 59.7 Å². The van der Waals surface area contributed by atoms with E-state index in [1.165, 1.54) is 18.5 Å². The van der Waals surface area contributed by atoms with E-state index in [9.17, 15) is 8.60 Å². The largest absolute Gasteiger partial charge is 0.434 e. The zero-order valence-electron chi connectivity index (χ0n) is 17.0. The van der Waals surface area contributed by atoms with Gasteiger partial charge in [0.15, 0.2) is 11.6 Å². The zero-order chi connectivity index (χ0) is 21.8. The Morgan fingerprint density at radius 3 is 2.66 bits per heavy atom. The lowest BCUT2D eigenvalue weighted by atomic mass is 10.0. The van der Waals surface area contributed by atoms with Gasteiger partial charge in [0.25, 0.3) is 0 Å². The number of hydrogen-bond donors (Lipinski definition) is 0. The third-order valence-corrected chi connectivity index (χ3v) is 7.12. The van der Waals surface area contributed by atoms with Crippen LogP contribution in [0.4, 0.5) is 4.39 Å². The van der Waals surface area contributed by atoms with Gasteiger partial charge in [0.05, 0.1) is 17.1 Å². The van der Waals surface area contributed by atoms with E-state index < -0.39 is 10.8 Å². The molecule has 5 heterocycles. The second-order valence-corrected chi connectivity index (χ2v) is 9.27. The monoisotopic (exact) mass is 448 g/mol. The molecule has 0 unspecified atom stereocenters. The number of benzene rings is 1. The van der Waals surface area contributed by atoms with Crippen molar-refractivity contribution in [2.45, 2.75) is 6.04 Å². The van der Waals surface area contributed by atoms with Gasteiger partial charge < -0.3 is 8.98 Å². The highest BCUT2D eigenvalue weighted by Crippen LogP contribution is 2.37. The van der Waals surface area contributed by atoms with Crippen molar-refractivity contribution in [3.63, 3.8) is 0 Å². The van der Waals surface area contributed by atoms with E-state index in [1.54, 1.807) is 18.3 Å². The van der Waals surface area contributed by atoms with Crippen molar-refractivity contribution >= 4 is 21.9 Å². The van der Waals surface area contributed by atoms with Crippen LogP contribution >= 0.6 is 0 Å². The Morgan fingerprint density at radius 1 is 1.12 bits per heavy atom. The molecular formula is C22H17FN6O2S. The van der Waals surface area contributed by atoms with Crippen LogP contribution in [0, 0.1) is 5.82 Å². The van der Waals surface area contributed by atoms with E-state index in [4.69, 9.17) is 9.52 Å². The molecule has 0 saturated carbocycles. The summed E-state index contributed by atoms with van der Waals surface area (Å²) >= 11 is 0. The summed E-state index contributed by atoms with van der Waals surface area (Å²) in [6, 6.07) is 8.13.